The average Bonchev–Trinajstić information content (AvgIpc) is 2.44. The number of hydrogen-bond acceptors (Lipinski definition) is 1. The normalized spacial score (nSPS) is 12.4. The van der Waals surface area contributed by atoms with E-state index in [0.29, 0.717) is 23.4 Å². The molecule has 0 heterocycles. The molecule has 0 saturated carbocycles. The molecule has 2 rings (SSSR count). The maximum Gasteiger partial charge on any atom is 0.126 e. The Morgan fingerprint density at radius 1 is 1.10 bits per heavy atom. The first-order valence-electron chi connectivity index (χ1n) is 6.38. The van der Waals surface area contributed by atoms with Crippen LogP contribution in [0.25, 0.3) is 0 Å². The molecule has 0 aromatic heterocycles. The van der Waals surface area contributed by atoms with Gasteiger partial charge in [0, 0.05) is 16.1 Å². The molecule has 0 saturated heterocycles. The SMILES string of the molecule is OCC(Cc1cc(Cl)ccc1F)Cc1ccccc1Br. The van der Waals surface area contributed by atoms with Gasteiger partial charge in [-0.25, -0.2) is 4.39 Å². The van der Waals surface area contributed by atoms with Crippen LogP contribution in [0.5, 0.6) is 0 Å². The summed E-state index contributed by atoms with van der Waals surface area (Å²) in [7, 11) is 0. The minimum absolute atomic E-state index is 0.00723. The summed E-state index contributed by atoms with van der Waals surface area (Å²) in [6, 6.07) is 12.4. The molecule has 0 fully saturated rings. The lowest BCUT2D eigenvalue weighted by Crippen LogP contribution is -2.14. The highest BCUT2D eigenvalue weighted by Gasteiger charge is 2.14. The second-order valence-electron chi connectivity index (χ2n) is 4.78. The van der Waals surface area contributed by atoms with E-state index in [4.69, 9.17) is 11.6 Å². The number of hydrogen-bond donors (Lipinski definition) is 1. The van der Waals surface area contributed by atoms with Crippen molar-refractivity contribution < 1.29 is 9.50 Å². The van der Waals surface area contributed by atoms with E-state index in [1.165, 1.54) is 12.1 Å². The van der Waals surface area contributed by atoms with Gasteiger partial charge in [0.2, 0.25) is 0 Å². The number of rotatable bonds is 5. The zero-order valence-corrected chi connectivity index (χ0v) is 13.2. The Labute approximate surface area is 131 Å². The Morgan fingerprint density at radius 2 is 1.80 bits per heavy atom. The fourth-order valence-corrected chi connectivity index (χ4v) is 2.83. The van der Waals surface area contributed by atoms with Crippen LogP contribution >= 0.6 is 27.5 Å². The van der Waals surface area contributed by atoms with Crippen molar-refractivity contribution in [2.24, 2.45) is 5.92 Å². The van der Waals surface area contributed by atoms with Gasteiger partial charge in [-0.1, -0.05) is 45.7 Å². The Hall–Kier alpha value is -0.900. The molecule has 0 spiro atoms. The van der Waals surface area contributed by atoms with Crippen molar-refractivity contribution in [1.29, 1.82) is 0 Å². The summed E-state index contributed by atoms with van der Waals surface area (Å²) in [4.78, 5) is 0. The van der Waals surface area contributed by atoms with Gasteiger partial charge < -0.3 is 5.11 Å². The van der Waals surface area contributed by atoms with Crippen molar-refractivity contribution in [3.05, 3.63) is 68.9 Å². The van der Waals surface area contributed by atoms with Gasteiger partial charge in [-0.3, -0.25) is 0 Å². The molecule has 0 bridgehead atoms. The minimum Gasteiger partial charge on any atom is -0.396 e. The number of aliphatic hydroxyl groups excluding tert-OH is 1. The minimum atomic E-state index is -0.278. The van der Waals surface area contributed by atoms with Crippen molar-refractivity contribution in [2.75, 3.05) is 6.61 Å². The molecule has 106 valence electrons. The summed E-state index contributed by atoms with van der Waals surface area (Å²) in [5.41, 5.74) is 1.65. The number of aliphatic hydroxyl groups is 1. The third kappa shape index (κ3) is 4.05. The smallest absolute Gasteiger partial charge is 0.126 e. The Balaban J connectivity index is 2.13. The molecule has 0 radical (unpaired) electrons. The fraction of sp³-hybridized carbons (Fsp3) is 0.250. The monoisotopic (exact) mass is 356 g/mol. The van der Waals surface area contributed by atoms with Gasteiger partial charge in [0.25, 0.3) is 0 Å². The van der Waals surface area contributed by atoms with Gasteiger partial charge in [0.1, 0.15) is 5.82 Å². The lowest BCUT2D eigenvalue weighted by molar-refractivity contribution is 0.224. The Kier molecular flexibility index (Phi) is 5.58. The summed E-state index contributed by atoms with van der Waals surface area (Å²) in [5, 5.41) is 10.0. The van der Waals surface area contributed by atoms with E-state index in [-0.39, 0.29) is 18.3 Å². The third-order valence-electron chi connectivity index (χ3n) is 3.24. The molecule has 1 atom stereocenters. The van der Waals surface area contributed by atoms with Crippen LogP contribution in [0.3, 0.4) is 0 Å². The predicted octanol–water partition coefficient (Wildman–Crippen LogP) is 4.64. The first-order valence-corrected chi connectivity index (χ1v) is 7.55. The average molecular weight is 358 g/mol. The zero-order valence-electron chi connectivity index (χ0n) is 10.8. The first-order chi connectivity index (χ1) is 9.60. The van der Waals surface area contributed by atoms with Gasteiger partial charge in [-0.15, -0.1) is 0 Å². The molecule has 0 amide bonds. The van der Waals surface area contributed by atoms with E-state index in [9.17, 15) is 9.50 Å². The van der Waals surface area contributed by atoms with Gasteiger partial charge in [-0.05, 0) is 54.2 Å². The highest BCUT2D eigenvalue weighted by atomic mass is 79.9. The predicted molar refractivity (Wildman–Crippen MR) is 83.5 cm³/mol. The van der Waals surface area contributed by atoms with Crippen LogP contribution in [0.2, 0.25) is 5.02 Å². The highest BCUT2D eigenvalue weighted by molar-refractivity contribution is 9.10. The van der Waals surface area contributed by atoms with Crippen LogP contribution in [-0.4, -0.2) is 11.7 Å². The van der Waals surface area contributed by atoms with E-state index < -0.39 is 0 Å². The van der Waals surface area contributed by atoms with Gasteiger partial charge in [0.15, 0.2) is 0 Å². The molecule has 4 heteroatoms. The molecule has 0 aliphatic heterocycles. The van der Waals surface area contributed by atoms with E-state index in [2.05, 4.69) is 15.9 Å². The van der Waals surface area contributed by atoms with E-state index in [1.807, 2.05) is 24.3 Å². The fourth-order valence-electron chi connectivity index (χ4n) is 2.19. The summed E-state index contributed by atoms with van der Waals surface area (Å²) in [6.07, 6.45) is 1.15. The van der Waals surface area contributed by atoms with Crippen molar-refractivity contribution in [1.82, 2.24) is 0 Å². The summed E-state index contributed by atoms with van der Waals surface area (Å²) in [6.45, 7) is 0.00723. The molecule has 0 aliphatic carbocycles. The van der Waals surface area contributed by atoms with Crippen molar-refractivity contribution in [3.8, 4) is 0 Å². The summed E-state index contributed by atoms with van der Waals surface area (Å²) >= 11 is 9.38. The standard InChI is InChI=1S/C16H15BrClFO/c17-15-4-2-1-3-12(15)7-11(10-20)8-13-9-14(18)5-6-16(13)19/h1-6,9,11,20H,7-8,10H2. The van der Waals surface area contributed by atoms with Crippen molar-refractivity contribution in [3.63, 3.8) is 0 Å². The largest absolute Gasteiger partial charge is 0.396 e. The molecule has 1 N–H and O–H groups in total. The van der Waals surface area contributed by atoms with Crippen molar-refractivity contribution >= 4 is 27.5 Å². The molecule has 2 aromatic rings. The zero-order chi connectivity index (χ0) is 14.5. The number of benzene rings is 2. The summed E-state index contributed by atoms with van der Waals surface area (Å²) < 4.78 is 14.7. The van der Waals surface area contributed by atoms with Gasteiger partial charge >= 0.3 is 0 Å². The maximum atomic E-state index is 13.7. The van der Waals surface area contributed by atoms with Crippen LogP contribution in [0.1, 0.15) is 11.1 Å². The van der Waals surface area contributed by atoms with Crippen LogP contribution < -0.4 is 0 Å². The van der Waals surface area contributed by atoms with Gasteiger partial charge in [0.05, 0.1) is 0 Å². The molecule has 2 aromatic carbocycles. The third-order valence-corrected chi connectivity index (χ3v) is 4.25. The van der Waals surface area contributed by atoms with E-state index in [0.717, 1.165) is 10.0 Å². The van der Waals surface area contributed by atoms with E-state index >= 15 is 0 Å². The highest BCUT2D eigenvalue weighted by Crippen LogP contribution is 2.23. The van der Waals surface area contributed by atoms with Crippen LogP contribution in [0.15, 0.2) is 46.9 Å². The molecule has 0 aliphatic rings. The lowest BCUT2D eigenvalue weighted by Gasteiger charge is -2.16. The molecular formula is C16H15BrClFO. The van der Waals surface area contributed by atoms with E-state index in [1.54, 1.807) is 6.07 Å². The number of halogens is 3. The second-order valence-corrected chi connectivity index (χ2v) is 6.07. The second kappa shape index (κ2) is 7.21. The van der Waals surface area contributed by atoms with Crippen LogP contribution in [0.4, 0.5) is 4.39 Å². The lowest BCUT2D eigenvalue weighted by atomic mass is 9.93. The molecule has 20 heavy (non-hydrogen) atoms. The summed E-state index contributed by atoms with van der Waals surface area (Å²) in [5.74, 6) is -0.318. The van der Waals surface area contributed by atoms with Gasteiger partial charge in [-0.2, -0.15) is 0 Å². The Bertz CT molecular complexity index is 588. The molecular weight excluding hydrogens is 343 g/mol. The van der Waals surface area contributed by atoms with Crippen LogP contribution in [-0.2, 0) is 12.8 Å². The Morgan fingerprint density at radius 3 is 2.50 bits per heavy atom. The molecule has 1 unspecified atom stereocenters. The van der Waals surface area contributed by atoms with Crippen LogP contribution in [0, 0.1) is 11.7 Å². The quantitative estimate of drug-likeness (QED) is 0.827. The maximum absolute atomic E-state index is 13.7. The molecule has 1 nitrogen and oxygen atoms in total. The topological polar surface area (TPSA) is 20.2 Å². The van der Waals surface area contributed by atoms with Crippen molar-refractivity contribution in [2.45, 2.75) is 12.8 Å². The first kappa shape index (κ1) is 15.5.